The van der Waals surface area contributed by atoms with E-state index >= 15 is 0 Å². The SMILES string of the molecule is CCCCCCCCC(C(=O)O)=C(CCCCCCCC(CC(CC)CCCC)CC(CC)CCCC)C(=O)O. The summed E-state index contributed by atoms with van der Waals surface area (Å²) in [5.41, 5.74) is 0.268. The molecule has 0 heterocycles. The molecule has 4 heteroatoms. The molecule has 2 atom stereocenters. The molecule has 2 unspecified atom stereocenters. The highest BCUT2D eigenvalue weighted by atomic mass is 16.4. The number of unbranched alkanes of at least 4 members (excludes halogenated alkanes) is 11. The third kappa shape index (κ3) is 19.7. The fraction of sp³-hybridized carbons (Fsp3) is 0.889. The molecule has 0 aromatic heterocycles. The van der Waals surface area contributed by atoms with Gasteiger partial charge >= 0.3 is 11.9 Å². The number of carboxylic acid groups (broad SMARTS) is 2. The first-order valence-electron chi connectivity index (χ1n) is 17.5. The van der Waals surface area contributed by atoms with Crippen molar-refractivity contribution < 1.29 is 19.8 Å². The van der Waals surface area contributed by atoms with Crippen LogP contribution in [0.15, 0.2) is 11.1 Å². The van der Waals surface area contributed by atoms with Gasteiger partial charge in [-0.25, -0.2) is 9.59 Å². The summed E-state index contributed by atoms with van der Waals surface area (Å²) in [7, 11) is 0. The van der Waals surface area contributed by atoms with Crippen molar-refractivity contribution in [1.29, 1.82) is 0 Å². The maximum atomic E-state index is 11.9. The normalized spacial score (nSPS) is 14.5. The minimum absolute atomic E-state index is 0.132. The number of rotatable bonds is 29. The summed E-state index contributed by atoms with van der Waals surface area (Å²) in [5.74, 6) is 0.480. The van der Waals surface area contributed by atoms with E-state index in [4.69, 9.17) is 0 Å². The highest BCUT2D eigenvalue weighted by Gasteiger charge is 2.21. The lowest BCUT2D eigenvalue weighted by molar-refractivity contribution is -0.136. The van der Waals surface area contributed by atoms with Gasteiger partial charge in [0.2, 0.25) is 0 Å². The fourth-order valence-corrected chi connectivity index (χ4v) is 6.36. The quantitative estimate of drug-likeness (QED) is 0.0699. The van der Waals surface area contributed by atoms with Gasteiger partial charge < -0.3 is 10.2 Å². The zero-order valence-corrected chi connectivity index (χ0v) is 27.4. The van der Waals surface area contributed by atoms with Gasteiger partial charge in [-0.2, -0.15) is 0 Å². The third-order valence-corrected chi connectivity index (χ3v) is 9.12. The largest absolute Gasteiger partial charge is 0.478 e. The first-order chi connectivity index (χ1) is 19.3. The summed E-state index contributed by atoms with van der Waals surface area (Å²) in [4.78, 5) is 23.7. The molecule has 0 aromatic carbocycles. The van der Waals surface area contributed by atoms with Crippen LogP contribution >= 0.6 is 0 Å². The second kappa shape index (κ2) is 26.6. The maximum Gasteiger partial charge on any atom is 0.332 e. The Morgan fingerprint density at radius 2 is 0.800 bits per heavy atom. The van der Waals surface area contributed by atoms with Gasteiger partial charge in [-0.05, 0) is 56.3 Å². The molecule has 0 aliphatic heterocycles. The van der Waals surface area contributed by atoms with Crippen LogP contribution in [0.5, 0.6) is 0 Å². The predicted octanol–water partition coefficient (Wildman–Crippen LogP) is 11.8. The Morgan fingerprint density at radius 3 is 1.18 bits per heavy atom. The Bertz CT molecular complexity index is 635. The molecule has 0 saturated heterocycles. The molecule has 0 radical (unpaired) electrons. The number of hydrogen-bond acceptors (Lipinski definition) is 2. The van der Waals surface area contributed by atoms with Gasteiger partial charge in [0.25, 0.3) is 0 Å². The fourth-order valence-electron chi connectivity index (χ4n) is 6.36. The van der Waals surface area contributed by atoms with Gasteiger partial charge in [0.15, 0.2) is 0 Å². The monoisotopic (exact) mass is 565 g/mol. The van der Waals surface area contributed by atoms with E-state index in [0.29, 0.717) is 12.8 Å². The van der Waals surface area contributed by atoms with Crippen molar-refractivity contribution in [1.82, 2.24) is 0 Å². The first-order valence-corrected chi connectivity index (χ1v) is 17.5. The molecule has 40 heavy (non-hydrogen) atoms. The molecule has 0 bridgehead atoms. The van der Waals surface area contributed by atoms with E-state index in [1.807, 2.05) is 0 Å². The van der Waals surface area contributed by atoms with Gasteiger partial charge in [-0.15, -0.1) is 0 Å². The van der Waals surface area contributed by atoms with Crippen LogP contribution in [0.2, 0.25) is 0 Å². The van der Waals surface area contributed by atoms with Gasteiger partial charge in [0.1, 0.15) is 0 Å². The number of carbonyl (C=O) groups is 2. The van der Waals surface area contributed by atoms with Crippen LogP contribution in [0, 0.1) is 17.8 Å². The lowest BCUT2D eigenvalue weighted by Crippen LogP contribution is -2.14. The Kier molecular flexibility index (Phi) is 25.7. The van der Waals surface area contributed by atoms with Crippen molar-refractivity contribution in [3.05, 3.63) is 11.1 Å². The summed E-state index contributed by atoms with van der Waals surface area (Å²) in [6.45, 7) is 11.5. The third-order valence-electron chi connectivity index (χ3n) is 9.12. The molecule has 0 spiro atoms. The summed E-state index contributed by atoms with van der Waals surface area (Å²) in [6, 6.07) is 0. The Morgan fingerprint density at radius 1 is 0.450 bits per heavy atom. The minimum atomic E-state index is -1.05. The number of hydrogen-bond donors (Lipinski definition) is 2. The van der Waals surface area contributed by atoms with E-state index in [1.54, 1.807) is 0 Å². The second-order valence-corrected chi connectivity index (χ2v) is 12.6. The van der Waals surface area contributed by atoms with E-state index in [0.717, 1.165) is 56.3 Å². The summed E-state index contributed by atoms with van der Waals surface area (Å²) < 4.78 is 0. The highest BCUT2D eigenvalue weighted by molar-refractivity contribution is 5.98. The first kappa shape index (κ1) is 38.7. The van der Waals surface area contributed by atoms with Crippen molar-refractivity contribution in [2.45, 2.75) is 189 Å². The molecular formula is C36H68O4. The smallest absolute Gasteiger partial charge is 0.332 e. The summed E-state index contributed by atoms with van der Waals surface area (Å²) >= 11 is 0. The van der Waals surface area contributed by atoms with Crippen molar-refractivity contribution in [3.8, 4) is 0 Å². The molecule has 0 fully saturated rings. The van der Waals surface area contributed by atoms with E-state index in [2.05, 4.69) is 34.6 Å². The van der Waals surface area contributed by atoms with Crippen molar-refractivity contribution in [3.63, 3.8) is 0 Å². The predicted molar refractivity (Wildman–Crippen MR) is 172 cm³/mol. The molecule has 0 aliphatic rings. The summed E-state index contributed by atoms with van der Waals surface area (Å²) in [5, 5.41) is 19.4. The zero-order valence-electron chi connectivity index (χ0n) is 27.4. The Balaban J connectivity index is 4.75. The molecule has 2 N–H and O–H groups in total. The van der Waals surface area contributed by atoms with Crippen molar-refractivity contribution >= 4 is 11.9 Å². The topological polar surface area (TPSA) is 74.6 Å². The molecule has 0 saturated carbocycles. The molecule has 236 valence electrons. The van der Waals surface area contributed by atoms with Crippen LogP contribution in [0.4, 0.5) is 0 Å². The van der Waals surface area contributed by atoms with Gasteiger partial charge in [0, 0.05) is 11.1 Å². The van der Waals surface area contributed by atoms with Crippen LogP contribution in [-0.2, 0) is 9.59 Å². The maximum absolute atomic E-state index is 11.9. The molecule has 0 amide bonds. The van der Waals surface area contributed by atoms with Crippen LogP contribution in [0.1, 0.15) is 189 Å². The lowest BCUT2D eigenvalue weighted by Gasteiger charge is -2.27. The van der Waals surface area contributed by atoms with Gasteiger partial charge in [-0.3, -0.25) is 0 Å². The van der Waals surface area contributed by atoms with Gasteiger partial charge in [-0.1, -0.05) is 150 Å². The molecule has 0 aliphatic carbocycles. The summed E-state index contributed by atoms with van der Waals surface area (Å²) in [6.07, 6.45) is 27.2. The van der Waals surface area contributed by atoms with Crippen LogP contribution in [0.3, 0.4) is 0 Å². The molecular weight excluding hydrogens is 496 g/mol. The lowest BCUT2D eigenvalue weighted by atomic mass is 9.79. The van der Waals surface area contributed by atoms with E-state index in [9.17, 15) is 19.8 Å². The zero-order chi connectivity index (χ0) is 30.0. The Hall–Kier alpha value is -1.32. The molecule has 0 rings (SSSR count). The van der Waals surface area contributed by atoms with Crippen LogP contribution in [0.25, 0.3) is 0 Å². The Labute approximate surface area is 249 Å². The van der Waals surface area contributed by atoms with Crippen LogP contribution in [-0.4, -0.2) is 22.2 Å². The molecule has 4 nitrogen and oxygen atoms in total. The van der Waals surface area contributed by atoms with Crippen molar-refractivity contribution in [2.24, 2.45) is 17.8 Å². The van der Waals surface area contributed by atoms with E-state index in [-0.39, 0.29) is 11.1 Å². The molecule has 0 aromatic rings. The average molecular weight is 565 g/mol. The van der Waals surface area contributed by atoms with Gasteiger partial charge in [0.05, 0.1) is 0 Å². The second-order valence-electron chi connectivity index (χ2n) is 12.6. The standard InChI is InChI=1S/C36H68O4/c1-6-11-14-15-18-21-26-33(35(37)38)34(36(39)40)27-22-19-16-17-20-25-32(28-30(9-4)23-12-7-2)29-31(10-5)24-13-8-3/h30-32H,6-29H2,1-5H3,(H,37,38)(H,39,40). The highest BCUT2D eigenvalue weighted by Crippen LogP contribution is 2.32. The average Bonchev–Trinajstić information content (AvgIpc) is 2.94. The minimum Gasteiger partial charge on any atom is -0.478 e. The number of aliphatic carboxylic acids is 2. The van der Waals surface area contributed by atoms with E-state index in [1.165, 1.54) is 103 Å². The van der Waals surface area contributed by atoms with Crippen LogP contribution < -0.4 is 0 Å². The number of carboxylic acids is 2. The van der Waals surface area contributed by atoms with E-state index < -0.39 is 11.9 Å². The van der Waals surface area contributed by atoms with Crippen molar-refractivity contribution in [2.75, 3.05) is 0 Å².